The lowest BCUT2D eigenvalue weighted by Gasteiger charge is -2.07. The van der Waals surface area contributed by atoms with Crippen molar-refractivity contribution in [2.45, 2.75) is 25.0 Å². The van der Waals surface area contributed by atoms with E-state index in [1.54, 1.807) is 30.7 Å². The largest absolute Gasteiger partial charge is 0.459 e. The van der Waals surface area contributed by atoms with Crippen molar-refractivity contribution in [3.05, 3.63) is 57.5 Å². The summed E-state index contributed by atoms with van der Waals surface area (Å²) in [5.41, 5.74) is 0.281. The highest BCUT2D eigenvalue weighted by Crippen LogP contribution is 2.09. The number of ether oxygens (including phenoxy) is 1. The Hall–Kier alpha value is -2.76. The molecule has 0 saturated carbocycles. The Balaban J connectivity index is 1.54. The van der Waals surface area contributed by atoms with Crippen LogP contribution in [0, 0.1) is 6.92 Å². The van der Waals surface area contributed by atoms with Crippen molar-refractivity contribution in [2.24, 2.45) is 7.05 Å². The maximum atomic E-state index is 12.1. The van der Waals surface area contributed by atoms with Crippen LogP contribution in [-0.4, -0.2) is 39.9 Å². The van der Waals surface area contributed by atoms with Gasteiger partial charge in [0.2, 0.25) is 0 Å². The second-order valence-corrected chi connectivity index (χ2v) is 8.36. The van der Waals surface area contributed by atoms with Crippen LogP contribution in [0.1, 0.15) is 17.9 Å². The van der Waals surface area contributed by atoms with Crippen LogP contribution in [0.4, 0.5) is 0 Å². The van der Waals surface area contributed by atoms with Gasteiger partial charge in [-0.05, 0) is 19.1 Å². The number of carbonyl (C=O) groups excluding carboxylic acids is 1. The van der Waals surface area contributed by atoms with Gasteiger partial charge in [0.15, 0.2) is 5.03 Å². The number of sulfonamides is 1. The van der Waals surface area contributed by atoms with Gasteiger partial charge in [0, 0.05) is 32.1 Å². The van der Waals surface area contributed by atoms with E-state index in [0.29, 0.717) is 16.5 Å². The number of fused-ring (bicyclic) bond motifs is 1. The molecule has 0 spiro atoms. The van der Waals surface area contributed by atoms with Gasteiger partial charge in [-0.3, -0.25) is 14.0 Å². The number of hydrogen-bond donors (Lipinski definition) is 1. The quantitative estimate of drug-likeness (QED) is 0.540. The van der Waals surface area contributed by atoms with E-state index >= 15 is 0 Å². The van der Waals surface area contributed by atoms with E-state index < -0.39 is 16.0 Å². The number of halogens is 1. The number of nitrogens with one attached hydrogen (secondary N) is 1. The van der Waals surface area contributed by atoms with Crippen molar-refractivity contribution in [1.82, 2.24) is 23.7 Å². The Morgan fingerprint density at radius 1 is 1.28 bits per heavy atom. The molecule has 3 aromatic rings. The smallest absolute Gasteiger partial charge is 0.307 e. The Bertz CT molecular complexity index is 1220. The fourth-order valence-electron chi connectivity index (χ4n) is 2.44. The van der Waals surface area contributed by atoms with Crippen molar-refractivity contribution in [3.8, 4) is 0 Å². The van der Waals surface area contributed by atoms with E-state index in [-0.39, 0.29) is 35.9 Å². The van der Waals surface area contributed by atoms with Gasteiger partial charge in [-0.1, -0.05) is 11.6 Å². The van der Waals surface area contributed by atoms with E-state index in [4.69, 9.17) is 16.3 Å². The maximum Gasteiger partial charge on any atom is 0.307 e. The summed E-state index contributed by atoms with van der Waals surface area (Å²) in [4.78, 5) is 32.1. The van der Waals surface area contributed by atoms with Gasteiger partial charge in [0.25, 0.3) is 15.6 Å². The summed E-state index contributed by atoms with van der Waals surface area (Å²) in [7, 11) is -2.13. The molecule has 0 unspecified atom stereocenters. The van der Waals surface area contributed by atoms with Crippen LogP contribution < -0.4 is 10.3 Å². The summed E-state index contributed by atoms with van der Waals surface area (Å²) >= 11 is 5.85. The average molecular weight is 440 g/mol. The molecule has 0 aliphatic heterocycles. The number of rotatable bonds is 7. The van der Waals surface area contributed by atoms with Gasteiger partial charge in [-0.15, -0.1) is 0 Å². The Morgan fingerprint density at radius 2 is 2.03 bits per heavy atom. The first kappa shape index (κ1) is 21.0. The Labute approximate surface area is 171 Å². The number of nitrogens with zero attached hydrogens (tertiary/aromatic N) is 4. The molecule has 0 bridgehead atoms. The van der Waals surface area contributed by atoms with Gasteiger partial charge in [0.05, 0.1) is 17.1 Å². The minimum atomic E-state index is -3.82. The normalized spacial score (nSPS) is 11.7. The van der Waals surface area contributed by atoms with Crippen molar-refractivity contribution in [3.63, 3.8) is 0 Å². The van der Waals surface area contributed by atoms with Crippen molar-refractivity contribution in [2.75, 3.05) is 6.54 Å². The zero-order valence-electron chi connectivity index (χ0n) is 15.6. The number of hydrogen-bond acceptors (Lipinski definition) is 7. The predicted octanol–water partition coefficient (Wildman–Crippen LogP) is 0.802. The van der Waals surface area contributed by atoms with Gasteiger partial charge in [-0.25, -0.2) is 23.1 Å². The summed E-state index contributed by atoms with van der Waals surface area (Å²) < 4.78 is 34.5. The highest BCUT2D eigenvalue weighted by Gasteiger charge is 2.18. The molecule has 0 amide bonds. The molecule has 1 N–H and O–H groups in total. The average Bonchev–Trinajstić information content (AvgIpc) is 3.00. The molecule has 154 valence electrons. The van der Waals surface area contributed by atoms with Crippen LogP contribution in [0.15, 0.2) is 40.4 Å². The second-order valence-electron chi connectivity index (χ2n) is 6.21. The predicted molar refractivity (Wildman–Crippen MR) is 104 cm³/mol. The monoisotopic (exact) mass is 439 g/mol. The molecule has 0 fully saturated rings. The minimum Gasteiger partial charge on any atom is -0.459 e. The fraction of sp³-hybridized carbons (Fsp3) is 0.294. The molecule has 0 aliphatic carbocycles. The van der Waals surface area contributed by atoms with E-state index in [2.05, 4.69) is 14.7 Å². The number of pyridine rings is 1. The first-order chi connectivity index (χ1) is 13.7. The summed E-state index contributed by atoms with van der Waals surface area (Å²) in [6.45, 7) is 1.32. The fourth-order valence-corrected chi connectivity index (χ4v) is 3.67. The van der Waals surface area contributed by atoms with E-state index in [9.17, 15) is 18.0 Å². The molecule has 3 aromatic heterocycles. The topological polar surface area (TPSA) is 125 Å². The number of aromatic nitrogens is 4. The zero-order valence-corrected chi connectivity index (χ0v) is 17.2. The molecular weight excluding hydrogens is 422 g/mol. The third kappa shape index (κ3) is 5.00. The van der Waals surface area contributed by atoms with Gasteiger partial charge >= 0.3 is 5.97 Å². The van der Waals surface area contributed by atoms with Crippen LogP contribution in [0.2, 0.25) is 5.02 Å². The Morgan fingerprint density at radius 3 is 2.72 bits per heavy atom. The van der Waals surface area contributed by atoms with Crippen molar-refractivity contribution < 1.29 is 17.9 Å². The van der Waals surface area contributed by atoms with Gasteiger partial charge in [-0.2, -0.15) is 0 Å². The standard InChI is InChI=1S/C17H18ClN5O5S/c1-11-20-15(9-22(11)2)29(26,27)19-6-5-17(25)28-10-13-7-16(24)23-8-12(18)3-4-14(23)21-13/h3-4,7-9,19H,5-6,10H2,1-2H3. The number of imidazole rings is 1. The lowest BCUT2D eigenvalue weighted by molar-refractivity contribution is -0.144. The SMILES string of the molecule is Cc1nc(S(=O)(=O)NCCC(=O)OCc2cc(=O)n3cc(Cl)ccc3n2)cn1C. The van der Waals surface area contributed by atoms with Crippen molar-refractivity contribution in [1.29, 1.82) is 0 Å². The van der Waals surface area contributed by atoms with Crippen LogP contribution >= 0.6 is 11.6 Å². The van der Waals surface area contributed by atoms with Crippen molar-refractivity contribution >= 4 is 33.2 Å². The van der Waals surface area contributed by atoms with Crippen LogP contribution in [0.3, 0.4) is 0 Å². The molecule has 0 saturated heterocycles. The summed E-state index contributed by atoms with van der Waals surface area (Å²) in [5, 5.41) is 0.274. The lowest BCUT2D eigenvalue weighted by atomic mass is 10.4. The number of aryl methyl sites for hydroxylation is 2. The third-order valence-electron chi connectivity index (χ3n) is 4.04. The number of carbonyl (C=O) groups is 1. The third-order valence-corrected chi connectivity index (χ3v) is 5.60. The van der Waals surface area contributed by atoms with Gasteiger partial charge in [0.1, 0.15) is 18.1 Å². The molecule has 0 aliphatic rings. The maximum absolute atomic E-state index is 12.1. The molecule has 0 radical (unpaired) electrons. The molecule has 29 heavy (non-hydrogen) atoms. The summed E-state index contributed by atoms with van der Waals surface area (Å²) in [5.74, 6) is -0.0890. The molecule has 0 aromatic carbocycles. The Kier molecular flexibility index (Phi) is 6.01. The van der Waals surface area contributed by atoms with Gasteiger partial charge < -0.3 is 9.30 Å². The molecule has 0 atom stereocenters. The molecule has 12 heteroatoms. The van der Waals surface area contributed by atoms with E-state index in [0.717, 1.165) is 0 Å². The molecule has 3 rings (SSSR count). The number of esters is 1. The van der Waals surface area contributed by atoms with Crippen LogP contribution in [-0.2, 0) is 33.2 Å². The highest BCUT2D eigenvalue weighted by atomic mass is 35.5. The lowest BCUT2D eigenvalue weighted by Crippen LogP contribution is -2.27. The first-order valence-electron chi connectivity index (χ1n) is 8.49. The van der Waals surface area contributed by atoms with E-state index in [1.807, 2.05) is 0 Å². The first-order valence-corrected chi connectivity index (χ1v) is 10.3. The van der Waals surface area contributed by atoms with E-state index in [1.165, 1.54) is 22.9 Å². The molecular formula is C17H18ClN5O5S. The summed E-state index contributed by atoms with van der Waals surface area (Å²) in [6.07, 6.45) is 2.64. The second kappa shape index (κ2) is 8.31. The molecule has 10 nitrogen and oxygen atoms in total. The van der Waals surface area contributed by atoms with Crippen LogP contribution in [0.5, 0.6) is 0 Å². The minimum absolute atomic E-state index is 0.119. The summed E-state index contributed by atoms with van der Waals surface area (Å²) in [6, 6.07) is 4.40. The van der Waals surface area contributed by atoms with Crippen LogP contribution in [0.25, 0.3) is 5.65 Å². The zero-order chi connectivity index (χ0) is 21.2. The molecule has 3 heterocycles. The highest BCUT2D eigenvalue weighted by molar-refractivity contribution is 7.89.